The van der Waals surface area contributed by atoms with Gasteiger partial charge in [0.25, 0.3) is 0 Å². The number of hydrogen-bond donors (Lipinski definition) is 1. The number of nitrogens with two attached hydrogens (primary N) is 1. The van der Waals surface area contributed by atoms with E-state index >= 15 is 0 Å². The van der Waals surface area contributed by atoms with Crippen LogP contribution in [-0.4, -0.2) is 38.3 Å². The predicted molar refractivity (Wildman–Crippen MR) is 75.5 cm³/mol. The Bertz CT molecular complexity index is 330. The van der Waals surface area contributed by atoms with Crippen molar-refractivity contribution >= 4 is 30.5 Å². The van der Waals surface area contributed by atoms with Crippen LogP contribution in [0, 0.1) is 0 Å². The summed E-state index contributed by atoms with van der Waals surface area (Å²) in [5, 5.41) is 1.86. The van der Waals surface area contributed by atoms with E-state index in [0.29, 0.717) is 0 Å². The van der Waals surface area contributed by atoms with Crippen molar-refractivity contribution in [1.29, 1.82) is 0 Å². The van der Waals surface area contributed by atoms with E-state index in [1.165, 1.54) is 5.69 Å². The molecule has 0 aliphatic carbocycles. The molecule has 2 rings (SSSR count). The zero-order valence-electron chi connectivity index (χ0n) is 9.83. The summed E-state index contributed by atoms with van der Waals surface area (Å²) in [6.07, 6.45) is 0. The fourth-order valence-electron chi connectivity index (χ4n) is 1.79. The van der Waals surface area contributed by atoms with E-state index in [4.69, 9.17) is 10.6 Å². The third-order valence-corrected chi connectivity index (χ3v) is 2.73. The molecule has 0 aromatic heterocycles. The van der Waals surface area contributed by atoms with E-state index in [0.717, 1.165) is 31.9 Å². The lowest BCUT2D eigenvalue weighted by Gasteiger charge is -2.33. The molecule has 98 valence electrons. The molecule has 0 radical (unpaired) electrons. The van der Waals surface area contributed by atoms with Crippen molar-refractivity contribution < 1.29 is 4.74 Å². The molecule has 1 aromatic rings. The molecule has 0 amide bonds. The highest BCUT2D eigenvalue weighted by Crippen LogP contribution is 2.21. The van der Waals surface area contributed by atoms with Gasteiger partial charge in [-0.1, -0.05) is 6.07 Å². The monoisotopic (exact) mass is 279 g/mol. The molecular formula is C11H19Cl2N3O. The van der Waals surface area contributed by atoms with E-state index in [9.17, 15) is 0 Å². The van der Waals surface area contributed by atoms with Crippen LogP contribution in [0.1, 0.15) is 0 Å². The maximum atomic E-state index is 5.71. The number of halogens is 2. The first-order chi connectivity index (χ1) is 7.29. The number of hydrazine groups is 1. The quantitative estimate of drug-likeness (QED) is 0.834. The molecule has 0 spiro atoms. The van der Waals surface area contributed by atoms with Crippen molar-refractivity contribution in [2.45, 2.75) is 0 Å². The second-order valence-electron chi connectivity index (χ2n) is 3.72. The van der Waals surface area contributed by atoms with Crippen LogP contribution in [0.4, 0.5) is 5.69 Å². The Kier molecular flexibility index (Phi) is 7.30. The molecule has 0 atom stereocenters. The molecule has 1 aliphatic heterocycles. The summed E-state index contributed by atoms with van der Waals surface area (Å²) in [7, 11) is 1.69. The van der Waals surface area contributed by atoms with Crippen molar-refractivity contribution in [3.63, 3.8) is 0 Å². The summed E-state index contributed by atoms with van der Waals surface area (Å²) in [4.78, 5) is 2.33. The van der Waals surface area contributed by atoms with Crippen molar-refractivity contribution in [2.24, 2.45) is 5.84 Å². The highest BCUT2D eigenvalue weighted by atomic mass is 35.5. The molecule has 6 heteroatoms. The summed E-state index contributed by atoms with van der Waals surface area (Å²) in [6.45, 7) is 3.78. The zero-order chi connectivity index (χ0) is 10.7. The van der Waals surface area contributed by atoms with Gasteiger partial charge in [-0.3, -0.25) is 5.84 Å². The zero-order valence-corrected chi connectivity index (χ0v) is 11.5. The molecule has 1 saturated heterocycles. The van der Waals surface area contributed by atoms with Crippen molar-refractivity contribution in [3.8, 4) is 5.75 Å². The van der Waals surface area contributed by atoms with E-state index in [-0.39, 0.29) is 24.8 Å². The Morgan fingerprint density at radius 1 is 1.12 bits per heavy atom. The predicted octanol–water partition coefficient (Wildman–Crippen LogP) is 1.53. The first kappa shape index (κ1) is 16.3. The Labute approximate surface area is 114 Å². The molecule has 0 bridgehead atoms. The highest BCUT2D eigenvalue weighted by Gasteiger charge is 2.14. The van der Waals surface area contributed by atoms with Crippen molar-refractivity contribution in [1.82, 2.24) is 5.01 Å². The summed E-state index contributed by atoms with van der Waals surface area (Å²) >= 11 is 0. The van der Waals surface area contributed by atoms with Crippen LogP contribution < -0.4 is 15.5 Å². The van der Waals surface area contributed by atoms with Gasteiger partial charge in [0.05, 0.1) is 7.11 Å². The number of benzene rings is 1. The number of piperazine rings is 1. The summed E-state index contributed by atoms with van der Waals surface area (Å²) in [5.74, 6) is 6.62. The lowest BCUT2D eigenvalue weighted by molar-refractivity contribution is 0.266. The van der Waals surface area contributed by atoms with Crippen LogP contribution in [0.25, 0.3) is 0 Å². The van der Waals surface area contributed by atoms with Gasteiger partial charge < -0.3 is 9.64 Å². The van der Waals surface area contributed by atoms with Crippen LogP contribution in [0.3, 0.4) is 0 Å². The molecule has 4 nitrogen and oxygen atoms in total. The van der Waals surface area contributed by atoms with Crippen LogP contribution in [0.15, 0.2) is 24.3 Å². The van der Waals surface area contributed by atoms with Crippen molar-refractivity contribution in [2.75, 3.05) is 38.2 Å². The van der Waals surface area contributed by atoms with Crippen LogP contribution >= 0.6 is 24.8 Å². The third-order valence-electron chi connectivity index (χ3n) is 2.73. The smallest absolute Gasteiger partial charge is 0.120 e. The van der Waals surface area contributed by atoms with Gasteiger partial charge in [0.15, 0.2) is 0 Å². The van der Waals surface area contributed by atoms with Crippen LogP contribution in [-0.2, 0) is 0 Å². The Morgan fingerprint density at radius 2 is 1.76 bits per heavy atom. The Balaban J connectivity index is 0.00000128. The average Bonchev–Trinajstić information content (AvgIpc) is 2.30. The van der Waals surface area contributed by atoms with Gasteiger partial charge in [0.1, 0.15) is 5.75 Å². The van der Waals surface area contributed by atoms with Crippen LogP contribution in [0.2, 0.25) is 0 Å². The topological polar surface area (TPSA) is 41.7 Å². The number of rotatable bonds is 2. The first-order valence-electron chi connectivity index (χ1n) is 5.18. The molecule has 2 N–H and O–H groups in total. The van der Waals surface area contributed by atoms with Gasteiger partial charge in [-0.2, -0.15) is 0 Å². The molecule has 1 aliphatic rings. The summed E-state index contributed by atoms with van der Waals surface area (Å²) in [5.41, 5.74) is 1.21. The van der Waals surface area contributed by atoms with E-state index < -0.39 is 0 Å². The van der Waals surface area contributed by atoms with E-state index in [1.54, 1.807) is 7.11 Å². The van der Waals surface area contributed by atoms with Gasteiger partial charge in [0.2, 0.25) is 0 Å². The van der Waals surface area contributed by atoms with Crippen molar-refractivity contribution in [3.05, 3.63) is 24.3 Å². The van der Waals surface area contributed by atoms with Gasteiger partial charge in [-0.15, -0.1) is 24.8 Å². The minimum atomic E-state index is 0. The first-order valence-corrected chi connectivity index (χ1v) is 5.18. The normalized spacial score (nSPS) is 15.8. The minimum Gasteiger partial charge on any atom is -0.497 e. The maximum Gasteiger partial charge on any atom is 0.120 e. The fraction of sp³-hybridized carbons (Fsp3) is 0.455. The lowest BCUT2D eigenvalue weighted by Crippen LogP contribution is -2.49. The highest BCUT2D eigenvalue weighted by molar-refractivity contribution is 5.85. The molecule has 17 heavy (non-hydrogen) atoms. The van der Waals surface area contributed by atoms with E-state index in [1.807, 2.05) is 17.1 Å². The minimum absolute atomic E-state index is 0. The largest absolute Gasteiger partial charge is 0.497 e. The molecule has 1 heterocycles. The molecule has 0 saturated carbocycles. The number of nitrogens with zero attached hydrogens (tertiary/aromatic N) is 2. The molecule has 0 unspecified atom stereocenters. The SMILES string of the molecule is COc1cccc(N2CCN(N)CC2)c1.Cl.Cl. The number of anilines is 1. The van der Waals surface area contributed by atoms with Gasteiger partial charge in [-0.25, -0.2) is 5.01 Å². The Morgan fingerprint density at radius 3 is 2.35 bits per heavy atom. The summed E-state index contributed by atoms with van der Waals surface area (Å²) < 4.78 is 5.21. The maximum absolute atomic E-state index is 5.71. The van der Waals surface area contributed by atoms with Gasteiger partial charge in [0, 0.05) is 37.9 Å². The van der Waals surface area contributed by atoms with E-state index in [2.05, 4.69) is 17.0 Å². The standard InChI is InChI=1S/C11H17N3O.2ClH/c1-15-11-4-2-3-10(9-11)13-5-7-14(12)8-6-13;;/h2-4,9H,5-8,12H2,1H3;2*1H. The van der Waals surface area contributed by atoms with Gasteiger partial charge in [-0.05, 0) is 12.1 Å². The van der Waals surface area contributed by atoms with Crippen LogP contribution in [0.5, 0.6) is 5.75 Å². The number of methoxy groups -OCH3 is 1. The molecule has 1 aromatic carbocycles. The van der Waals surface area contributed by atoms with Gasteiger partial charge >= 0.3 is 0 Å². The lowest BCUT2D eigenvalue weighted by atomic mass is 10.2. The second kappa shape index (κ2) is 7.61. The molecular weight excluding hydrogens is 261 g/mol. The average molecular weight is 280 g/mol. The summed E-state index contributed by atoms with van der Waals surface area (Å²) in [6, 6.07) is 8.15. The third kappa shape index (κ3) is 4.24. The molecule has 1 fully saturated rings. The number of ether oxygens (including phenoxy) is 1. The number of hydrogen-bond acceptors (Lipinski definition) is 4. The second-order valence-corrected chi connectivity index (χ2v) is 3.72. The fourth-order valence-corrected chi connectivity index (χ4v) is 1.79. The Hall–Kier alpha value is -0.680.